The second kappa shape index (κ2) is 8.92. The van der Waals surface area contributed by atoms with Gasteiger partial charge in [-0.1, -0.05) is 71.8 Å². The van der Waals surface area contributed by atoms with Crippen molar-refractivity contribution in [3.05, 3.63) is 111 Å². The maximum Gasteiger partial charge on any atom is 0.450 e. The van der Waals surface area contributed by atoms with E-state index in [1.807, 2.05) is 0 Å². The molecule has 3 aromatic rings. The van der Waals surface area contributed by atoms with E-state index < -0.39 is 44.5 Å². The molecule has 1 heterocycles. The van der Waals surface area contributed by atoms with Crippen LogP contribution in [0, 0.1) is 6.92 Å². The highest BCUT2D eigenvalue weighted by molar-refractivity contribution is 7.95. The van der Waals surface area contributed by atoms with E-state index in [0.29, 0.717) is 5.02 Å². The molecular weight excluding hydrogens is 489 g/mol. The van der Waals surface area contributed by atoms with Crippen LogP contribution in [0.15, 0.2) is 94.4 Å². The van der Waals surface area contributed by atoms with Gasteiger partial charge < -0.3 is 4.74 Å². The summed E-state index contributed by atoms with van der Waals surface area (Å²) in [5.74, 6) is -3.99. The topological polar surface area (TPSA) is 60.4 Å². The van der Waals surface area contributed by atoms with E-state index in [1.165, 1.54) is 60.7 Å². The number of hydrogen-bond acceptors (Lipinski definition) is 4. The Morgan fingerprint density at radius 2 is 1.50 bits per heavy atom. The van der Waals surface area contributed by atoms with E-state index in [9.17, 15) is 26.4 Å². The number of alkyl halides is 3. The molecular formula is C25H18ClF3O4S. The van der Waals surface area contributed by atoms with Gasteiger partial charge in [-0.15, -0.1) is 0 Å². The van der Waals surface area contributed by atoms with Crippen molar-refractivity contribution in [3.8, 4) is 0 Å². The molecule has 34 heavy (non-hydrogen) atoms. The Balaban J connectivity index is 1.96. The van der Waals surface area contributed by atoms with Crippen molar-refractivity contribution < 1.29 is 31.1 Å². The Bertz CT molecular complexity index is 1350. The van der Waals surface area contributed by atoms with Crippen molar-refractivity contribution in [3.63, 3.8) is 0 Å². The maximum absolute atomic E-state index is 14.1. The molecule has 9 heteroatoms. The number of Topliss-reactive ketones (excluding diaryl/α,β-unsaturated/α-hetero) is 1. The minimum atomic E-state index is -5.15. The normalized spacial score (nSPS) is 18.6. The van der Waals surface area contributed by atoms with Crippen molar-refractivity contribution in [2.24, 2.45) is 0 Å². The van der Waals surface area contributed by atoms with Gasteiger partial charge in [0.05, 0.1) is 10.8 Å². The predicted octanol–water partition coefficient (Wildman–Crippen LogP) is 6.26. The summed E-state index contributed by atoms with van der Waals surface area (Å²) < 4.78 is 74.7. The van der Waals surface area contributed by atoms with Crippen LogP contribution in [0.2, 0.25) is 5.02 Å². The number of aryl methyl sites for hydroxylation is 1. The van der Waals surface area contributed by atoms with Crippen LogP contribution < -0.4 is 0 Å². The molecule has 0 spiro atoms. The van der Waals surface area contributed by atoms with Gasteiger partial charge in [-0.25, -0.2) is 8.42 Å². The smallest absolute Gasteiger partial charge is 0.450 e. The fourth-order valence-electron chi connectivity index (χ4n) is 3.84. The zero-order valence-electron chi connectivity index (χ0n) is 17.7. The van der Waals surface area contributed by atoms with Crippen LogP contribution in [0.4, 0.5) is 13.2 Å². The van der Waals surface area contributed by atoms with Gasteiger partial charge in [-0.2, -0.15) is 13.2 Å². The number of allylic oxidation sites excluding steroid dienone is 1. The minimum Gasteiger partial charge on any atom is -0.475 e. The molecule has 4 nitrogen and oxygen atoms in total. The highest BCUT2D eigenvalue weighted by Crippen LogP contribution is 2.49. The standard InChI is InChI=1S/C25H18ClF3O4S/c1-15-7-13-19(14-8-15)34(31,32)23-20(16-9-11-18(26)12-10-16)22(33-24(23)25(27,28)29)21(30)17-5-3-2-4-6-17/h2-14,20,22H,1H3. The minimum absolute atomic E-state index is 0.0990. The number of rotatable bonds is 5. The van der Waals surface area contributed by atoms with Gasteiger partial charge >= 0.3 is 6.18 Å². The lowest BCUT2D eigenvalue weighted by atomic mass is 9.89. The lowest BCUT2D eigenvalue weighted by Gasteiger charge is -2.21. The Morgan fingerprint density at radius 3 is 2.06 bits per heavy atom. The van der Waals surface area contributed by atoms with Crippen molar-refractivity contribution in [2.45, 2.75) is 30.0 Å². The zero-order valence-corrected chi connectivity index (χ0v) is 19.3. The van der Waals surface area contributed by atoms with E-state index >= 15 is 0 Å². The number of hydrogen-bond donors (Lipinski definition) is 0. The Kier molecular flexibility index (Phi) is 6.31. The van der Waals surface area contributed by atoms with Crippen molar-refractivity contribution in [1.82, 2.24) is 0 Å². The summed E-state index contributed by atoms with van der Waals surface area (Å²) in [5.41, 5.74) is 0.989. The molecule has 2 unspecified atom stereocenters. The molecule has 0 saturated heterocycles. The van der Waals surface area contributed by atoms with Crippen LogP contribution >= 0.6 is 11.6 Å². The van der Waals surface area contributed by atoms with Gasteiger partial charge in [-0.05, 0) is 36.8 Å². The summed E-state index contributed by atoms with van der Waals surface area (Å²) in [6, 6.07) is 18.7. The van der Waals surface area contributed by atoms with Crippen molar-refractivity contribution in [2.75, 3.05) is 0 Å². The second-order valence-corrected chi connectivity index (χ2v) is 10.2. The van der Waals surface area contributed by atoms with Crippen LogP contribution in [0.5, 0.6) is 0 Å². The SMILES string of the molecule is Cc1ccc(S(=O)(=O)C2=C(C(F)(F)F)OC(C(=O)c3ccccc3)C2c2ccc(Cl)cc2)cc1. The largest absolute Gasteiger partial charge is 0.475 e. The number of carbonyl (C=O) groups is 1. The fourth-order valence-corrected chi connectivity index (χ4v) is 5.72. The van der Waals surface area contributed by atoms with Gasteiger partial charge in [0.15, 0.2) is 6.10 Å². The summed E-state index contributed by atoms with van der Waals surface area (Å²) in [6.07, 6.45) is -6.89. The maximum atomic E-state index is 14.1. The van der Waals surface area contributed by atoms with Crippen molar-refractivity contribution >= 4 is 27.2 Å². The Morgan fingerprint density at radius 1 is 0.912 bits per heavy atom. The molecule has 0 aliphatic carbocycles. The third kappa shape index (κ3) is 4.48. The fraction of sp³-hybridized carbons (Fsp3) is 0.160. The highest BCUT2D eigenvalue weighted by atomic mass is 35.5. The molecule has 0 fully saturated rings. The predicted molar refractivity (Wildman–Crippen MR) is 121 cm³/mol. The molecule has 0 radical (unpaired) electrons. The average molecular weight is 507 g/mol. The second-order valence-electron chi connectivity index (χ2n) is 7.81. The number of carbonyl (C=O) groups excluding carboxylic acids is 1. The van der Waals surface area contributed by atoms with E-state index in [4.69, 9.17) is 16.3 Å². The van der Waals surface area contributed by atoms with Crippen LogP contribution in [0.1, 0.15) is 27.4 Å². The molecule has 0 saturated carbocycles. The average Bonchev–Trinajstić information content (AvgIpc) is 3.22. The monoisotopic (exact) mass is 506 g/mol. The first kappa shape index (κ1) is 24.0. The molecule has 0 aromatic heterocycles. The van der Waals surface area contributed by atoms with Crippen LogP contribution in [-0.4, -0.2) is 26.5 Å². The third-order valence-electron chi connectivity index (χ3n) is 5.48. The first-order valence-electron chi connectivity index (χ1n) is 10.1. The van der Waals surface area contributed by atoms with Gasteiger partial charge in [-0.3, -0.25) is 4.79 Å². The molecule has 1 aliphatic heterocycles. The summed E-state index contributed by atoms with van der Waals surface area (Å²) in [5, 5.41) is 0.302. The lowest BCUT2D eigenvalue weighted by Crippen LogP contribution is -2.29. The summed E-state index contributed by atoms with van der Waals surface area (Å²) in [6.45, 7) is 1.72. The van der Waals surface area contributed by atoms with Crippen molar-refractivity contribution in [1.29, 1.82) is 0 Å². The number of ketones is 1. The van der Waals surface area contributed by atoms with E-state index in [-0.39, 0.29) is 16.0 Å². The Labute approximate surface area is 199 Å². The van der Waals surface area contributed by atoms with Crippen LogP contribution in [0.3, 0.4) is 0 Å². The lowest BCUT2D eigenvalue weighted by molar-refractivity contribution is -0.131. The quantitative estimate of drug-likeness (QED) is 0.383. The number of benzene rings is 3. The molecule has 2 atom stereocenters. The highest BCUT2D eigenvalue weighted by Gasteiger charge is 2.55. The van der Waals surface area contributed by atoms with E-state index in [2.05, 4.69) is 0 Å². The van der Waals surface area contributed by atoms with E-state index in [1.54, 1.807) is 25.1 Å². The zero-order chi connectivity index (χ0) is 24.7. The van der Waals surface area contributed by atoms with E-state index in [0.717, 1.165) is 5.56 Å². The van der Waals surface area contributed by atoms with Gasteiger partial charge in [0.1, 0.15) is 4.91 Å². The molecule has 176 valence electrons. The molecule has 0 bridgehead atoms. The molecule has 3 aromatic carbocycles. The first-order chi connectivity index (χ1) is 16.0. The van der Waals surface area contributed by atoms with Gasteiger partial charge in [0, 0.05) is 10.6 Å². The number of ether oxygens (including phenoxy) is 1. The van der Waals surface area contributed by atoms with Crippen LogP contribution in [-0.2, 0) is 14.6 Å². The van der Waals surface area contributed by atoms with Crippen LogP contribution in [0.25, 0.3) is 0 Å². The summed E-state index contributed by atoms with van der Waals surface area (Å²) in [4.78, 5) is 12.0. The van der Waals surface area contributed by atoms with Gasteiger partial charge in [0.2, 0.25) is 21.4 Å². The van der Waals surface area contributed by atoms with Gasteiger partial charge in [0.25, 0.3) is 0 Å². The molecule has 0 amide bonds. The number of halogens is 4. The summed E-state index contributed by atoms with van der Waals surface area (Å²) in [7, 11) is -4.69. The Hall–Kier alpha value is -3.10. The molecule has 4 rings (SSSR count). The first-order valence-corrected chi connectivity index (χ1v) is 12.0. The molecule has 0 N–H and O–H groups in total. The number of sulfone groups is 1. The summed E-state index contributed by atoms with van der Waals surface area (Å²) >= 11 is 5.94. The third-order valence-corrected chi connectivity index (χ3v) is 7.64. The molecule has 1 aliphatic rings.